The van der Waals surface area contributed by atoms with Gasteiger partial charge in [0.25, 0.3) is 0 Å². The highest BCUT2D eigenvalue weighted by molar-refractivity contribution is 7.67. The fraction of sp³-hybridized carbons (Fsp3) is 0.364. The van der Waals surface area contributed by atoms with Crippen LogP contribution in [0.3, 0.4) is 0 Å². The Kier molecular flexibility index (Phi) is 4.09. The second-order valence-electron chi connectivity index (χ2n) is 4.02. The summed E-state index contributed by atoms with van der Waals surface area (Å²) in [6.45, 7) is 1.37. The topological polar surface area (TPSA) is 89.6 Å². The highest BCUT2D eigenvalue weighted by Crippen LogP contribution is 2.51. The molecule has 5 nitrogen and oxygen atoms in total. The van der Waals surface area contributed by atoms with Crippen LogP contribution in [0.1, 0.15) is 13.3 Å². The van der Waals surface area contributed by atoms with Gasteiger partial charge in [0.05, 0.1) is 13.5 Å². The summed E-state index contributed by atoms with van der Waals surface area (Å²) in [5.74, 6) is -0.611. The highest BCUT2D eigenvalue weighted by Gasteiger charge is 2.43. The maximum absolute atomic E-state index is 12.3. The van der Waals surface area contributed by atoms with Crippen LogP contribution in [-0.2, 0) is 14.1 Å². The van der Waals surface area contributed by atoms with Crippen LogP contribution >= 0.6 is 7.37 Å². The molecule has 0 aliphatic carbocycles. The molecular formula is C11H16NO4P. The van der Waals surface area contributed by atoms with Gasteiger partial charge in [-0.1, -0.05) is 18.2 Å². The molecule has 1 unspecified atom stereocenters. The SMILES string of the molecule is COC(=O)C[C@](C)(N)P(=O)(O)c1ccccc1. The molecule has 2 atom stereocenters. The molecule has 0 saturated heterocycles. The smallest absolute Gasteiger partial charge is 0.307 e. The number of esters is 1. The van der Waals surface area contributed by atoms with Crippen molar-refractivity contribution in [3.63, 3.8) is 0 Å². The van der Waals surface area contributed by atoms with Crippen molar-refractivity contribution < 1.29 is 19.0 Å². The number of rotatable bonds is 4. The highest BCUT2D eigenvalue weighted by atomic mass is 31.2. The van der Waals surface area contributed by atoms with Gasteiger partial charge in [0.2, 0.25) is 7.37 Å². The van der Waals surface area contributed by atoms with E-state index in [1.165, 1.54) is 26.2 Å². The summed E-state index contributed by atoms with van der Waals surface area (Å²) in [6.07, 6.45) is -0.313. The Morgan fingerprint density at radius 1 is 1.47 bits per heavy atom. The summed E-state index contributed by atoms with van der Waals surface area (Å²) < 4.78 is 16.8. The summed E-state index contributed by atoms with van der Waals surface area (Å²) in [6, 6.07) is 8.06. The van der Waals surface area contributed by atoms with Crippen molar-refractivity contribution in [2.24, 2.45) is 5.73 Å². The van der Waals surface area contributed by atoms with Gasteiger partial charge >= 0.3 is 5.97 Å². The first-order valence-electron chi connectivity index (χ1n) is 5.05. The van der Waals surface area contributed by atoms with Crippen LogP contribution in [0.25, 0.3) is 0 Å². The molecule has 1 rings (SSSR count). The lowest BCUT2D eigenvalue weighted by Crippen LogP contribution is -2.41. The maximum Gasteiger partial charge on any atom is 0.307 e. The van der Waals surface area contributed by atoms with Gasteiger partial charge in [0.1, 0.15) is 5.28 Å². The minimum absolute atomic E-state index is 0.230. The van der Waals surface area contributed by atoms with Crippen molar-refractivity contribution in [2.45, 2.75) is 18.6 Å². The van der Waals surface area contributed by atoms with Gasteiger partial charge in [-0.2, -0.15) is 0 Å². The molecule has 94 valence electrons. The van der Waals surface area contributed by atoms with Crippen LogP contribution < -0.4 is 11.0 Å². The molecule has 0 saturated carbocycles. The zero-order valence-electron chi connectivity index (χ0n) is 9.79. The molecule has 0 aromatic heterocycles. The number of carbonyl (C=O) groups excluding carboxylic acids is 1. The molecule has 0 radical (unpaired) electrons. The molecule has 3 N–H and O–H groups in total. The minimum Gasteiger partial charge on any atom is -0.469 e. The van der Waals surface area contributed by atoms with E-state index >= 15 is 0 Å². The van der Waals surface area contributed by atoms with Crippen molar-refractivity contribution in [3.05, 3.63) is 30.3 Å². The number of hydrogen-bond acceptors (Lipinski definition) is 4. The van der Waals surface area contributed by atoms with Gasteiger partial charge < -0.3 is 15.4 Å². The Balaban J connectivity index is 3.05. The third kappa shape index (κ3) is 2.94. The molecule has 17 heavy (non-hydrogen) atoms. The Bertz CT molecular complexity index is 444. The molecule has 0 fully saturated rings. The first-order valence-corrected chi connectivity index (χ1v) is 6.71. The average molecular weight is 257 g/mol. The third-order valence-electron chi connectivity index (χ3n) is 2.53. The molecule has 1 aromatic carbocycles. The number of ether oxygens (including phenoxy) is 1. The van der Waals surface area contributed by atoms with E-state index < -0.39 is 18.6 Å². The van der Waals surface area contributed by atoms with Crippen molar-refractivity contribution in [1.82, 2.24) is 0 Å². The van der Waals surface area contributed by atoms with Gasteiger partial charge in [0.15, 0.2) is 0 Å². The average Bonchev–Trinajstić information content (AvgIpc) is 2.29. The Labute approximate surface area is 100 Å². The zero-order chi connectivity index (χ0) is 13.1. The molecular weight excluding hydrogens is 241 g/mol. The fourth-order valence-electron chi connectivity index (χ4n) is 1.40. The molecule has 6 heteroatoms. The predicted octanol–water partition coefficient (Wildman–Crippen LogP) is 0.820. The van der Waals surface area contributed by atoms with E-state index in [1.807, 2.05) is 0 Å². The lowest BCUT2D eigenvalue weighted by Gasteiger charge is -2.29. The summed E-state index contributed by atoms with van der Waals surface area (Å²) in [5.41, 5.74) is 5.79. The summed E-state index contributed by atoms with van der Waals surface area (Å²) in [5, 5.41) is -1.31. The zero-order valence-corrected chi connectivity index (χ0v) is 10.7. The molecule has 0 amide bonds. The molecule has 0 bridgehead atoms. The first kappa shape index (κ1) is 13.9. The second kappa shape index (κ2) is 5.00. The largest absolute Gasteiger partial charge is 0.469 e. The summed E-state index contributed by atoms with van der Waals surface area (Å²) >= 11 is 0. The van der Waals surface area contributed by atoms with Crippen molar-refractivity contribution in [1.29, 1.82) is 0 Å². The molecule has 0 aliphatic heterocycles. The molecule has 1 aromatic rings. The van der Waals surface area contributed by atoms with E-state index in [-0.39, 0.29) is 11.7 Å². The monoisotopic (exact) mass is 257 g/mol. The van der Waals surface area contributed by atoms with Crippen molar-refractivity contribution in [3.8, 4) is 0 Å². The lowest BCUT2D eigenvalue weighted by molar-refractivity contribution is -0.141. The van der Waals surface area contributed by atoms with Gasteiger partial charge in [-0.15, -0.1) is 0 Å². The van der Waals surface area contributed by atoms with Crippen LogP contribution in [-0.4, -0.2) is 23.3 Å². The van der Waals surface area contributed by atoms with Gasteiger partial charge in [-0.05, 0) is 19.1 Å². The molecule has 0 spiro atoms. The lowest BCUT2D eigenvalue weighted by atomic mass is 10.2. The standard InChI is InChI=1S/C11H16NO4P/c1-11(12,8-10(13)16-2)17(14,15)9-6-4-3-5-7-9/h3-7H,8,12H2,1-2H3,(H,14,15)/t11-/m1/s1. The van der Waals surface area contributed by atoms with Gasteiger partial charge in [-0.25, -0.2) is 0 Å². The van der Waals surface area contributed by atoms with Crippen molar-refractivity contribution >= 4 is 18.6 Å². The van der Waals surface area contributed by atoms with E-state index in [0.717, 1.165) is 0 Å². The van der Waals surface area contributed by atoms with Gasteiger partial charge in [-0.3, -0.25) is 9.36 Å². The Morgan fingerprint density at radius 3 is 2.47 bits per heavy atom. The number of hydrogen-bond donors (Lipinski definition) is 2. The summed E-state index contributed by atoms with van der Waals surface area (Å²) in [7, 11) is -2.63. The van der Waals surface area contributed by atoms with Crippen molar-refractivity contribution in [2.75, 3.05) is 7.11 Å². The van der Waals surface area contributed by atoms with E-state index in [2.05, 4.69) is 4.74 Å². The Morgan fingerprint density at radius 2 is 2.00 bits per heavy atom. The van der Waals surface area contributed by atoms with E-state index in [0.29, 0.717) is 0 Å². The first-order chi connectivity index (χ1) is 7.81. The number of benzene rings is 1. The maximum atomic E-state index is 12.3. The third-order valence-corrected chi connectivity index (χ3v) is 5.07. The van der Waals surface area contributed by atoms with Crippen LogP contribution in [0, 0.1) is 0 Å². The second-order valence-corrected chi connectivity index (χ2v) is 6.71. The van der Waals surface area contributed by atoms with Crippen LogP contribution in [0.4, 0.5) is 0 Å². The number of methoxy groups -OCH3 is 1. The normalized spacial score (nSPS) is 17.9. The minimum atomic E-state index is -3.84. The van der Waals surface area contributed by atoms with E-state index in [1.54, 1.807) is 18.2 Å². The molecule has 0 heterocycles. The number of nitrogens with two attached hydrogens (primary N) is 1. The Hall–Kier alpha value is -1.16. The predicted molar refractivity (Wildman–Crippen MR) is 65.1 cm³/mol. The van der Waals surface area contributed by atoms with Gasteiger partial charge in [0, 0.05) is 5.30 Å². The quantitative estimate of drug-likeness (QED) is 0.615. The van der Waals surface area contributed by atoms with Crippen LogP contribution in [0.15, 0.2) is 30.3 Å². The molecule has 0 aliphatic rings. The van der Waals surface area contributed by atoms with Crippen LogP contribution in [0.5, 0.6) is 0 Å². The summed E-state index contributed by atoms with van der Waals surface area (Å²) in [4.78, 5) is 21.3. The fourth-order valence-corrected chi connectivity index (χ4v) is 2.91. The van der Waals surface area contributed by atoms with E-state index in [4.69, 9.17) is 5.73 Å². The van der Waals surface area contributed by atoms with Crippen LogP contribution in [0.2, 0.25) is 0 Å². The number of carbonyl (C=O) groups is 1. The van der Waals surface area contributed by atoms with E-state index in [9.17, 15) is 14.3 Å².